The fourth-order valence-electron chi connectivity index (χ4n) is 1.54. The van der Waals surface area contributed by atoms with Gasteiger partial charge in [-0.25, -0.2) is 0 Å². The highest BCUT2D eigenvalue weighted by Crippen LogP contribution is 2.38. The number of phenolic OH excluding ortho intramolecular Hbond substituents is 3. The Balaban J connectivity index is 2.54. The highest BCUT2D eigenvalue weighted by molar-refractivity contribution is 6.35. The third kappa shape index (κ3) is 1.98. The second kappa shape index (κ2) is 4.58. The van der Waals surface area contributed by atoms with Gasteiger partial charge >= 0.3 is 0 Å². The van der Waals surface area contributed by atoms with E-state index in [9.17, 15) is 20.1 Å². The molecule has 3 N–H and O–H groups in total. The first-order valence-electron chi connectivity index (χ1n) is 5.05. The average molecular weight is 265 g/mol. The van der Waals surface area contributed by atoms with Gasteiger partial charge in [-0.15, -0.1) is 0 Å². The number of carbonyl (C=O) groups is 1. The number of rotatable bonds is 2. The summed E-state index contributed by atoms with van der Waals surface area (Å²) in [4.78, 5) is 12.1. The highest BCUT2D eigenvalue weighted by atomic mass is 35.5. The van der Waals surface area contributed by atoms with Crippen LogP contribution in [0.2, 0.25) is 5.02 Å². The zero-order valence-corrected chi connectivity index (χ0v) is 9.85. The van der Waals surface area contributed by atoms with Gasteiger partial charge in [0.25, 0.3) is 0 Å². The minimum atomic E-state index is -0.729. The predicted octanol–water partition coefficient (Wildman–Crippen LogP) is 2.69. The van der Waals surface area contributed by atoms with Gasteiger partial charge in [-0.3, -0.25) is 4.79 Å². The highest BCUT2D eigenvalue weighted by Gasteiger charge is 2.19. The molecule has 0 aliphatic heterocycles. The largest absolute Gasteiger partial charge is 0.504 e. The van der Waals surface area contributed by atoms with Gasteiger partial charge in [-0.2, -0.15) is 0 Å². The standard InChI is InChI=1S/C13H9ClO4/c14-9-4-2-1-3-7(9)11(16)8-5-6-10(15)13(18)12(8)17/h1-6,15,17-18H. The van der Waals surface area contributed by atoms with Crippen molar-refractivity contribution in [1.82, 2.24) is 0 Å². The minimum Gasteiger partial charge on any atom is -0.504 e. The maximum absolute atomic E-state index is 12.1. The van der Waals surface area contributed by atoms with E-state index in [1.165, 1.54) is 12.1 Å². The maximum atomic E-state index is 12.1. The van der Waals surface area contributed by atoms with Gasteiger partial charge in [0.15, 0.2) is 17.3 Å². The molecule has 0 saturated carbocycles. The topological polar surface area (TPSA) is 77.8 Å². The maximum Gasteiger partial charge on any atom is 0.201 e. The summed E-state index contributed by atoms with van der Waals surface area (Å²) in [6, 6.07) is 8.71. The van der Waals surface area contributed by atoms with Crippen LogP contribution in [0.1, 0.15) is 15.9 Å². The Hall–Kier alpha value is -2.20. The smallest absolute Gasteiger partial charge is 0.201 e. The Morgan fingerprint density at radius 2 is 1.56 bits per heavy atom. The van der Waals surface area contributed by atoms with Crippen molar-refractivity contribution in [1.29, 1.82) is 0 Å². The van der Waals surface area contributed by atoms with E-state index in [1.807, 2.05) is 0 Å². The molecule has 0 fully saturated rings. The molecule has 0 bridgehead atoms. The molecule has 0 atom stereocenters. The van der Waals surface area contributed by atoms with E-state index in [-0.39, 0.29) is 16.1 Å². The summed E-state index contributed by atoms with van der Waals surface area (Å²) >= 11 is 5.88. The van der Waals surface area contributed by atoms with E-state index in [2.05, 4.69) is 0 Å². The molecule has 0 aliphatic rings. The Kier molecular flexibility index (Phi) is 3.12. The summed E-state index contributed by atoms with van der Waals surface area (Å²) in [6.45, 7) is 0. The van der Waals surface area contributed by atoms with Gasteiger partial charge in [-0.05, 0) is 24.3 Å². The monoisotopic (exact) mass is 264 g/mol. The van der Waals surface area contributed by atoms with E-state index in [0.717, 1.165) is 6.07 Å². The molecule has 0 amide bonds. The first kappa shape index (κ1) is 12.3. The van der Waals surface area contributed by atoms with Gasteiger partial charge in [-0.1, -0.05) is 23.7 Å². The van der Waals surface area contributed by atoms with Gasteiger partial charge in [0.05, 0.1) is 10.6 Å². The molecular weight excluding hydrogens is 256 g/mol. The molecule has 2 aromatic carbocycles. The fraction of sp³-hybridized carbons (Fsp3) is 0. The van der Waals surface area contributed by atoms with Crippen molar-refractivity contribution in [2.75, 3.05) is 0 Å². The third-order valence-corrected chi connectivity index (χ3v) is 2.82. The molecule has 0 spiro atoms. The van der Waals surface area contributed by atoms with Crippen LogP contribution in [0.4, 0.5) is 0 Å². The Bertz CT molecular complexity index is 622. The molecule has 2 aromatic rings. The normalized spacial score (nSPS) is 10.3. The summed E-state index contributed by atoms with van der Waals surface area (Å²) in [5.74, 6) is -2.43. The summed E-state index contributed by atoms with van der Waals surface area (Å²) < 4.78 is 0. The lowest BCUT2D eigenvalue weighted by atomic mass is 10.0. The van der Waals surface area contributed by atoms with Crippen molar-refractivity contribution in [3.63, 3.8) is 0 Å². The average Bonchev–Trinajstić information content (AvgIpc) is 2.36. The summed E-state index contributed by atoms with van der Waals surface area (Å²) in [6.07, 6.45) is 0. The summed E-state index contributed by atoms with van der Waals surface area (Å²) in [5.41, 5.74) is 0.0814. The van der Waals surface area contributed by atoms with Crippen molar-refractivity contribution < 1.29 is 20.1 Å². The molecule has 18 heavy (non-hydrogen) atoms. The number of hydrogen-bond donors (Lipinski definition) is 3. The molecule has 92 valence electrons. The van der Waals surface area contributed by atoms with E-state index in [1.54, 1.807) is 18.2 Å². The van der Waals surface area contributed by atoms with Crippen molar-refractivity contribution >= 4 is 17.4 Å². The Labute approximate surface area is 108 Å². The second-order valence-electron chi connectivity index (χ2n) is 3.64. The number of halogens is 1. The summed E-state index contributed by atoms with van der Waals surface area (Å²) in [5, 5.41) is 28.4. The minimum absolute atomic E-state index is 0.126. The van der Waals surface area contributed by atoms with E-state index < -0.39 is 23.0 Å². The van der Waals surface area contributed by atoms with Crippen LogP contribution in [-0.4, -0.2) is 21.1 Å². The van der Waals surface area contributed by atoms with Crippen molar-refractivity contribution in [2.24, 2.45) is 0 Å². The number of carbonyl (C=O) groups excluding carboxylic acids is 1. The van der Waals surface area contributed by atoms with Crippen LogP contribution in [-0.2, 0) is 0 Å². The SMILES string of the molecule is O=C(c1ccccc1Cl)c1ccc(O)c(O)c1O. The number of aromatic hydroxyl groups is 3. The van der Waals surface area contributed by atoms with Crippen molar-refractivity contribution in [3.8, 4) is 17.2 Å². The fourth-order valence-corrected chi connectivity index (χ4v) is 1.76. The Morgan fingerprint density at radius 3 is 2.22 bits per heavy atom. The van der Waals surface area contributed by atoms with Gasteiger partial charge in [0.2, 0.25) is 5.75 Å². The number of hydrogen-bond acceptors (Lipinski definition) is 4. The van der Waals surface area contributed by atoms with Crippen LogP contribution in [0, 0.1) is 0 Å². The summed E-state index contributed by atoms with van der Waals surface area (Å²) in [7, 11) is 0. The van der Waals surface area contributed by atoms with Crippen LogP contribution in [0.3, 0.4) is 0 Å². The molecule has 0 aromatic heterocycles. The molecule has 0 radical (unpaired) electrons. The van der Waals surface area contributed by atoms with E-state index in [4.69, 9.17) is 11.6 Å². The molecular formula is C13H9ClO4. The van der Waals surface area contributed by atoms with Crippen LogP contribution < -0.4 is 0 Å². The van der Waals surface area contributed by atoms with Crippen molar-refractivity contribution in [3.05, 3.63) is 52.5 Å². The predicted molar refractivity (Wildman–Crippen MR) is 66.3 cm³/mol. The zero-order chi connectivity index (χ0) is 13.3. The number of benzene rings is 2. The molecule has 5 heteroatoms. The van der Waals surface area contributed by atoms with Crippen LogP contribution in [0.15, 0.2) is 36.4 Å². The lowest BCUT2D eigenvalue weighted by Gasteiger charge is -2.07. The van der Waals surface area contributed by atoms with Crippen molar-refractivity contribution in [2.45, 2.75) is 0 Å². The van der Waals surface area contributed by atoms with Crippen LogP contribution >= 0.6 is 11.6 Å². The Morgan fingerprint density at radius 1 is 0.889 bits per heavy atom. The number of ketones is 1. The molecule has 0 aliphatic carbocycles. The van der Waals surface area contributed by atoms with E-state index >= 15 is 0 Å². The number of phenols is 3. The van der Waals surface area contributed by atoms with E-state index in [0.29, 0.717) is 0 Å². The van der Waals surface area contributed by atoms with Crippen LogP contribution in [0.5, 0.6) is 17.2 Å². The lowest BCUT2D eigenvalue weighted by molar-refractivity contribution is 0.103. The van der Waals surface area contributed by atoms with Crippen LogP contribution in [0.25, 0.3) is 0 Å². The molecule has 2 rings (SSSR count). The first-order chi connectivity index (χ1) is 8.52. The molecule has 0 heterocycles. The quantitative estimate of drug-likeness (QED) is 0.576. The third-order valence-electron chi connectivity index (χ3n) is 2.49. The molecule has 0 unspecified atom stereocenters. The van der Waals surface area contributed by atoms with Gasteiger partial charge < -0.3 is 15.3 Å². The second-order valence-corrected chi connectivity index (χ2v) is 4.05. The molecule has 0 saturated heterocycles. The lowest BCUT2D eigenvalue weighted by Crippen LogP contribution is -2.02. The zero-order valence-electron chi connectivity index (χ0n) is 9.09. The first-order valence-corrected chi connectivity index (χ1v) is 5.43. The van der Waals surface area contributed by atoms with Gasteiger partial charge in [0, 0.05) is 5.56 Å². The molecule has 4 nitrogen and oxygen atoms in total. The van der Waals surface area contributed by atoms with Gasteiger partial charge in [0.1, 0.15) is 0 Å².